The van der Waals surface area contributed by atoms with E-state index in [0.717, 1.165) is 29.1 Å². The number of benzene rings is 1. The number of nitrogens with zero attached hydrogens (tertiary/aromatic N) is 6. The predicted molar refractivity (Wildman–Crippen MR) is 98.1 cm³/mol. The third-order valence-electron chi connectivity index (χ3n) is 4.80. The van der Waals surface area contributed by atoms with Crippen molar-refractivity contribution in [2.45, 2.75) is 24.9 Å². The van der Waals surface area contributed by atoms with Crippen LogP contribution in [-0.2, 0) is 4.74 Å². The minimum Gasteiger partial charge on any atom is -0.394 e. The molecule has 4 rings (SSSR count). The molecule has 156 valence electrons. The van der Waals surface area contributed by atoms with Gasteiger partial charge in [-0.3, -0.25) is 34.2 Å². The molecule has 2 aromatic heterocycles. The van der Waals surface area contributed by atoms with Crippen LogP contribution in [0.25, 0.3) is 16.9 Å². The molecule has 0 saturated carbocycles. The fourth-order valence-electron chi connectivity index (χ4n) is 3.32. The molecule has 1 aliphatic rings. The number of nitro groups is 2. The van der Waals surface area contributed by atoms with Crippen LogP contribution >= 0.6 is 0 Å². The first-order valence-electron chi connectivity index (χ1n) is 8.63. The molecule has 0 bridgehead atoms. The number of non-ortho nitro benzene ring substituents is 1. The molecule has 1 saturated heterocycles. The maximum atomic E-state index is 12.9. The van der Waals surface area contributed by atoms with Crippen LogP contribution in [0.5, 0.6) is 0 Å². The van der Waals surface area contributed by atoms with Crippen LogP contribution in [0.3, 0.4) is 0 Å². The summed E-state index contributed by atoms with van der Waals surface area (Å²) in [6.45, 7) is -0.381. The Morgan fingerprint density at radius 3 is 2.60 bits per heavy atom. The number of imidazole rings is 1. The molecule has 1 aromatic carbocycles. The van der Waals surface area contributed by atoms with Crippen LogP contribution in [0.1, 0.15) is 12.6 Å². The van der Waals surface area contributed by atoms with Crippen molar-refractivity contribution >= 4 is 22.5 Å². The predicted octanol–water partition coefficient (Wildman–Crippen LogP) is 0.0393. The maximum Gasteiger partial charge on any atom is 0.300 e. The molecule has 1 aliphatic heterocycles. The summed E-state index contributed by atoms with van der Waals surface area (Å²) in [5.41, 5.74) is -2.06. The Hall–Kier alpha value is -3.75. The van der Waals surface area contributed by atoms with Gasteiger partial charge in [-0.15, -0.1) is 0 Å². The molecule has 0 aliphatic carbocycles. The number of hydrogen-bond donors (Lipinski definition) is 2. The Labute approximate surface area is 165 Å². The van der Waals surface area contributed by atoms with Crippen molar-refractivity contribution in [2.75, 3.05) is 6.61 Å². The molecule has 3 aromatic rings. The van der Waals surface area contributed by atoms with E-state index in [0.29, 0.717) is 0 Å². The highest BCUT2D eigenvalue weighted by molar-refractivity contribution is 5.70. The van der Waals surface area contributed by atoms with E-state index in [9.17, 15) is 35.2 Å². The van der Waals surface area contributed by atoms with Gasteiger partial charge in [0.25, 0.3) is 16.9 Å². The lowest BCUT2D eigenvalue weighted by molar-refractivity contribution is -0.394. The van der Waals surface area contributed by atoms with E-state index >= 15 is 0 Å². The lowest BCUT2D eigenvalue weighted by Crippen LogP contribution is -2.24. The molecule has 1 fully saturated rings. The summed E-state index contributed by atoms with van der Waals surface area (Å²) in [6, 6.07) is 2.89. The van der Waals surface area contributed by atoms with Crippen LogP contribution in [0.2, 0.25) is 0 Å². The fourth-order valence-corrected chi connectivity index (χ4v) is 3.32. The highest BCUT2D eigenvalue weighted by Crippen LogP contribution is 2.31. The smallest absolute Gasteiger partial charge is 0.300 e. The number of ether oxygens (including phenoxy) is 1. The molecule has 14 heteroatoms. The number of fused-ring (bicyclic) bond motifs is 1. The normalized spacial score (nSPS) is 21.2. The van der Waals surface area contributed by atoms with Crippen molar-refractivity contribution in [1.29, 1.82) is 0 Å². The second-order valence-corrected chi connectivity index (χ2v) is 6.55. The summed E-state index contributed by atoms with van der Waals surface area (Å²) in [7, 11) is 0. The molecule has 3 atom stereocenters. The van der Waals surface area contributed by atoms with E-state index in [1.807, 2.05) is 0 Å². The molecule has 30 heavy (non-hydrogen) atoms. The van der Waals surface area contributed by atoms with E-state index in [2.05, 4.69) is 9.97 Å². The largest absolute Gasteiger partial charge is 0.394 e. The lowest BCUT2D eigenvalue weighted by Gasteiger charge is -2.13. The Balaban J connectivity index is 1.80. The minimum atomic E-state index is -0.902. The Kier molecular flexibility index (Phi) is 4.73. The monoisotopic (exact) mass is 418 g/mol. The highest BCUT2D eigenvalue weighted by atomic mass is 16.6. The second-order valence-electron chi connectivity index (χ2n) is 6.55. The van der Waals surface area contributed by atoms with E-state index in [1.165, 1.54) is 10.9 Å². The van der Waals surface area contributed by atoms with Crippen LogP contribution in [-0.4, -0.2) is 58.0 Å². The van der Waals surface area contributed by atoms with Gasteiger partial charge in [0.05, 0.1) is 35.0 Å². The zero-order valence-corrected chi connectivity index (χ0v) is 15.1. The third-order valence-corrected chi connectivity index (χ3v) is 4.80. The zero-order chi connectivity index (χ0) is 21.6. The summed E-state index contributed by atoms with van der Waals surface area (Å²) in [4.78, 5) is 41.7. The topological polar surface area (TPSA) is 189 Å². The van der Waals surface area contributed by atoms with E-state index < -0.39 is 45.2 Å². The van der Waals surface area contributed by atoms with Gasteiger partial charge in [-0.05, 0) is 6.07 Å². The molecule has 3 heterocycles. The maximum absolute atomic E-state index is 12.9. The average molecular weight is 418 g/mol. The van der Waals surface area contributed by atoms with Gasteiger partial charge >= 0.3 is 0 Å². The SMILES string of the molecule is O=c1c2ncn([C@H]3C[C@H](O)[C@@H](CO)O3)c2ncn1-c1ccc([N+](=O)[O-])cc1[N+](=O)[O-]. The third kappa shape index (κ3) is 3.08. The van der Waals surface area contributed by atoms with Crippen LogP contribution in [0.15, 0.2) is 35.6 Å². The average Bonchev–Trinajstić information content (AvgIpc) is 3.31. The quantitative estimate of drug-likeness (QED) is 0.422. The fraction of sp³-hybridized carbons (Fsp3) is 0.312. The summed E-state index contributed by atoms with van der Waals surface area (Å²) in [5, 5.41) is 41.4. The van der Waals surface area contributed by atoms with Gasteiger partial charge in [-0.2, -0.15) is 0 Å². The first kappa shape index (κ1) is 19.6. The van der Waals surface area contributed by atoms with E-state index in [1.54, 1.807) is 0 Å². The summed E-state index contributed by atoms with van der Waals surface area (Å²) in [6.07, 6.45) is 0.0844. The van der Waals surface area contributed by atoms with Crippen LogP contribution < -0.4 is 5.56 Å². The number of aliphatic hydroxyl groups excluding tert-OH is 2. The van der Waals surface area contributed by atoms with E-state index in [-0.39, 0.29) is 29.9 Å². The van der Waals surface area contributed by atoms with Gasteiger partial charge in [0.2, 0.25) is 0 Å². The first-order valence-corrected chi connectivity index (χ1v) is 8.63. The highest BCUT2D eigenvalue weighted by Gasteiger charge is 2.35. The summed E-state index contributed by atoms with van der Waals surface area (Å²) in [5.74, 6) is 0. The molecular weight excluding hydrogens is 404 g/mol. The minimum absolute atomic E-state index is 0.115. The number of aliphatic hydroxyl groups is 2. The van der Waals surface area contributed by atoms with Crippen molar-refractivity contribution < 1.29 is 24.8 Å². The van der Waals surface area contributed by atoms with Crippen molar-refractivity contribution in [3.05, 3.63) is 61.4 Å². The van der Waals surface area contributed by atoms with Crippen LogP contribution in [0, 0.1) is 20.2 Å². The van der Waals surface area contributed by atoms with Gasteiger partial charge in [0, 0.05) is 12.5 Å². The number of nitro benzene ring substituents is 2. The van der Waals surface area contributed by atoms with Crippen molar-refractivity contribution in [1.82, 2.24) is 19.1 Å². The van der Waals surface area contributed by atoms with Gasteiger partial charge in [-0.25, -0.2) is 9.97 Å². The molecule has 0 amide bonds. The lowest BCUT2D eigenvalue weighted by atomic mass is 10.2. The van der Waals surface area contributed by atoms with Gasteiger partial charge in [0.15, 0.2) is 11.2 Å². The molecule has 0 unspecified atom stereocenters. The van der Waals surface area contributed by atoms with Crippen molar-refractivity contribution in [3.63, 3.8) is 0 Å². The number of hydrogen-bond acceptors (Lipinski definition) is 10. The zero-order valence-electron chi connectivity index (χ0n) is 15.1. The van der Waals surface area contributed by atoms with Gasteiger partial charge in [-0.1, -0.05) is 0 Å². The van der Waals surface area contributed by atoms with E-state index in [4.69, 9.17) is 4.74 Å². The molecule has 0 spiro atoms. The van der Waals surface area contributed by atoms with Crippen molar-refractivity contribution in [3.8, 4) is 5.69 Å². The molecular formula is C16H14N6O8. The molecule has 2 N–H and O–H groups in total. The molecule has 0 radical (unpaired) electrons. The summed E-state index contributed by atoms with van der Waals surface area (Å²) < 4.78 is 7.84. The first-order chi connectivity index (χ1) is 14.3. The summed E-state index contributed by atoms with van der Waals surface area (Å²) >= 11 is 0. The van der Waals surface area contributed by atoms with Gasteiger partial charge < -0.3 is 14.9 Å². The standard InChI is InChI=1S/C16H14N6O8/c23-5-12-11(24)4-13(30-12)20-6-17-14-15(20)18-7-19(16(14)25)9-2-1-8(21(26)27)3-10(9)22(28)29/h1-3,6-7,11-13,23-24H,4-5H2/t11-,12+,13+/m0/s1. The number of aromatic nitrogens is 4. The number of rotatable bonds is 5. The van der Waals surface area contributed by atoms with Crippen LogP contribution in [0.4, 0.5) is 11.4 Å². The Morgan fingerprint density at radius 1 is 1.20 bits per heavy atom. The Morgan fingerprint density at radius 2 is 1.97 bits per heavy atom. The van der Waals surface area contributed by atoms with Crippen molar-refractivity contribution in [2.24, 2.45) is 0 Å². The van der Waals surface area contributed by atoms with Gasteiger partial charge in [0.1, 0.15) is 24.3 Å². The molecule has 14 nitrogen and oxygen atoms in total. The Bertz CT molecular complexity index is 1220. The second kappa shape index (κ2) is 7.25.